The molecule has 0 saturated carbocycles. The molecule has 90 valence electrons. The van der Waals surface area contributed by atoms with E-state index in [1.165, 1.54) is 6.92 Å². The van der Waals surface area contributed by atoms with Gasteiger partial charge >= 0.3 is 0 Å². The molecule has 0 aliphatic rings. The Balaban J connectivity index is 3.03. The van der Waals surface area contributed by atoms with E-state index in [0.29, 0.717) is 5.56 Å². The number of hydrogen-bond acceptors (Lipinski definition) is 3. The molecule has 0 aliphatic heterocycles. The van der Waals surface area contributed by atoms with Gasteiger partial charge in [0, 0.05) is 18.4 Å². The zero-order valence-electron chi connectivity index (χ0n) is 9.86. The minimum Gasteiger partial charge on any atom is -0.351 e. The summed E-state index contributed by atoms with van der Waals surface area (Å²) in [5, 5.41) is 0. The lowest BCUT2D eigenvalue weighted by molar-refractivity contribution is 0.0981. The number of nitrogens with zero attached hydrogens (tertiary/aromatic N) is 1. The van der Waals surface area contributed by atoms with Gasteiger partial charge < -0.3 is 4.57 Å². The van der Waals surface area contributed by atoms with Crippen molar-refractivity contribution in [2.75, 3.05) is 5.75 Å². The van der Waals surface area contributed by atoms with Crippen LogP contribution in [0.3, 0.4) is 0 Å². The van der Waals surface area contributed by atoms with Crippen molar-refractivity contribution < 1.29 is 13.2 Å². The number of carbonyl (C=O) groups is 1. The summed E-state index contributed by atoms with van der Waals surface area (Å²) >= 11 is 0. The highest BCUT2D eigenvalue weighted by atomic mass is 32.2. The molecule has 0 saturated heterocycles. The Labute approximate surface area is 95.5 Å². The molecule has 6 heteroatoms. The molecule has 0 aromatic carbocycles. The summed E-state index contributed by atoms with van der Waals surface area (Å²) < 4.78 is 26.4. The van der Waals surface area contributed by atoms with Crippen LogP contribution >= 0.6 is 0 Å². The predicted molar refractivity (Wildman–Crippen MR) is 61.8 cm³/mol. The average Bonchev–Trinajstić information content (AvgIpc) is 2.45. The lowest BCUT2D eigenvalue weighted by Gasteiger charge is -2.04. The van der Waals surface area contributed by atoms with Gasteiger partial charge in [-0.25, -0.2) is 13.1 Å². The van der Waals surface area contributed by atoms with Crippen molar-refractivity contribution in [1.82, 2.24) is 9.29 Å². The molecule has 0 aliphatic carbocycles. The Morgan fingerprint density at radius 3 is 2.38 bits per heavy atom. The van der Waals surface area contributed by atoms with Crippen LogP contribution in [0, 0.1) is 13.8 Å². The van der Waals surface area contributed by atoms with Gasteiger partial charge in [-0.2, -0.15) is 0 Å². The Kier molecular flexibility index (Phi) is 3.42. The van der Waals surface area contributed by atoms with E-state index < -0.39 is 15.9 Å². The van der Waals surface area contributed by atoms with Gasteiger partial charge in [0.1, 0.15) is 0 Å². The first kappa shape index (κ1) is 12.8. The zero-order valence-corrected chi connectivity index (χ0v) is 10.7. The van der Waals surface area contributed by atoms with Gasteiger partial charge in [0.2, 0.25) is 10.0 Å². The highest BCUT2D eigenvalue weighted by molar-refractivity contribution is 7.90. The quantitative estimate of drug-likeness (QED) is 0.852. The maximum atomic E-state index is 11.7. The van der Waals surface area contributed by atoms with E-state index in [9.17, 15) is 13.2 Å². The number of rotatable bonds is 3. The van der Waals surface area contributed by atoms with E-state index in [-0.39, 0.29) is 5.75 Å². The maximum absolute atomic E-state index is 11.7. The van der Waals surface area contributed by atoms with Crippen LogP contribution in [0.2, 0.25) is 0 Å². The summed E-state index contributed by atoms with van der Waals surface area (Å²) in [6.07, 6.45) is 0. The Hall–Kier alpha value is -1.30. The molecule has 0 fully saturated rings. The molecule has 1 N–H and O–H groups in total. The average molecular weight is 244 g/mol. The molecule has 1 aromatic rings. The van der Waals surface area contributed by atoms with Gasteiger partial charge in [0.25, 0.3) is 5.91 Å². The monoisotopic (exact) mass is 244 g/mol. The van der Waals surface area contributed by atoms with E-state index in [1.54, 1.807) is 13.0 Å². The first-order chi connectivity index (χ1) is 7.28. The fraction of sp³-hybridized carbons (Fsp3) is 0.500. The number of nitrogens with one attached hydrogen (secondary N) is 1. The minimum absolute atomic E-state index is 0.108. The fourth-order valence-electron chi connectivity index (χ4n) is 1.35. The molecule has 1 aromatic heterocycles. The molecule has 0 spiro atoms. The molecule has 1 amide bonds. The van der Waals surface area contributed by atoms with E-state index in [2.05, 4.69) is 0 Å². The number of sulfonamides is 1. The van der Waals surface area contributed by atoms with Gasteiger partial charge in [0.15, 0.2) is 0 Å². The second-order valence-corrected chi connectivity index (χ2v) is 5.69. The van der Waals surface area contributed by atoms with Crippen LogP contribution in [-0.4, -0.2) is 24.6 Å². The van der Waals surface area contributed by atoms with Gasteiger partial charge in [-0.15, -0.1) is 0 Å². The number of carbonyl (C=O) groups excluding carboxylic acids is 1. The minimum atomic E-state index is -3.50. The molecule has 0 radical (unpaired) electrons. The van der Waals surface area contributed by atoms with Gasteiger partial charge in [-0.3, -0.25) is 4.79 Å². The second kappa shape index (κ2) is 4.29. The topological polar surface area (TPSA) is 68.2 Å². The highest BCUT2D eigenvalue weighted by Crippen LogP contribution is 2.13. The van der Waals surface area contributed by atoms with E-state index in [0.717, 1.165) is 11.4 Å². The highest BCUT2D eigenvalue weighted by Gasteiger charge is 2.18. The third-order valence-corrected chi connectivity index (χ3v) is 3.90. The van der Waals surface area contributed by atoms with Crippen LogP contribution in [0.4, 0.5) is 0 Å². The van der Waals surface area contributed by atoms with Gasteiger partial charge in [-0.1, -0.05) is 0 Å². The second-order valence-electron chi connectivity index (χ2n) is 3.68. The van der Waals surface area contributed by atoms with Crippen molar-refractivity contribution in [3.8, 4) is 0 Å². The molecule has 0 unspecified atom stereocenters. The largest absolute Gasteiger partial charge is 0.351 e. The molecule has 5 nitrogen and oxygen atoms in total. The third-order valence-electron chi connectivity index (χ3n) is 2.65. The van der Waals surface area contributed by atoms with Crippen LogP contribution in [0.5, 0.6) is 0 Å². The molecular formula is C10H16N2O3S. The van der Waals surface area contributed by atoms with Gasteiger partial charge in [0.05, 0.1) is 11.3 Å². The summed E-state index contributed by atoms with van der Waals surface area (Å²) in [6.45, 7) is 5.12. The molecule has 1 heterocycles. The third kappa shape index (κ3) is 2.44. The number of aryl methyl sites for hydroxylation is 1. The van der Waals surface area contributed by atoms with E-state index in [1.807, 2.05) is 23.3 Å². The fourth-order valence-corrected chi connectivity index (χ4v) is 1.89. The molecule has 0 atom stereocenters. The van der Waals surface area contributed by atoms with Crippen LogP contribution < -0.4 is 4.72 Å². The lowest BCUT2D eigenvalue weighted by atomic mass is 10.2. The normalized spacial score (nSPS) is 11.5. The summed E-state index contributed by atoms with van der Waals surface area (Å²) in [7, 11) is -1.67. The summed E-state index contributed by atoms with van der Waals surface area (Å²) in [4.78, 5) is 11.7. The van der Waals surface area contributed by atoms with E-state index >= 15 is 0 Å². The zero-order chi connectivity index (χ0) is 12.5. The molecular weight excluding hydrogens is 228 g/mol. The van der Waals surface area contributed by atoms with Crippen molar-refractivity contribution in [3.05, 3.63) is 23.0 Å². The predicted octanol–water partition coefficient (Wildman–Crippen LogP) is 0.721. The van der Waals surface area contributed by atoms with Crippen LogP contribution in [0.15, 0.2) is 6.07 Å². The lowest BCUT2D eigenvalue weighted by Crippen LogP contribution is -2.32. The van der Waals surface area contributed by atoms with Crippen molar-refractivity contribution in [2.24, 2.45) is 7.05 Å². The number of aromatic nitrogens is 1. The van der Waals surface area contributed by atoms with Crippen molar-refractivity contribution in [2.45, 2.75) is 20.8 Å². The smallest absolute Gasteiger partial charge is 0.266 e. The summed E-state index contributed by atoms with van der Waals surface area (Å²) in [6, 6.07) is 1.68. The van der Waals surface area contributed by atoms with Crippen LogP contribution in [0.1, 0.15) is 28.7 Å². The van der Waals surface area contributed by atoms with Crippen molar-refractivity contribution in [1.29, 1.82) is 0 Å². The summed E-state index contributed by atoms with van der Waals surface area (Å²) in [5.74, 6) is -0.674. The van der Waals surface area contributed by atoms with Crippen molar-refractivity contribution in [3.63, 3.8) is 0 Å². The number of amides is 1. The van der Waals surface area contributed by atoms with Crippen LogP contribution in [-0.2, 0) is 17.1 Å². The van der Waals surface area contributed by atoms with Crippen LogP contribution in [0.25, 0.3) is 0 Å². The Morgan fingerprint density at radius 1 is 1.44 bits per heavy atom. The summed E-state index contributed by atoms with van der Waals surface area (Å²) in [5.41, 5.74) is 2.06. The molecule has 0 bridgehead atoms. The first-order valence-electron chi connectivity index (χ1n) is 4.96. The van der Waals surface area contributed by atoms with Gasteiger partial charge in [-0.05, 0) is 26.8 Å². The standard InChI is InChI=1S/C10H16N2O3S/c1-5-16(14,15)11-10(13)9-6-7(2)12(4)8(9)3/h6H,5H2,1-4H3,(H,11,13). The molecule has 1 rings (SSSR count). The van der Waals surface area contributed by atoms with Crippen molar-refractivity contribution >= 4 is 15.9 Å². The first-order valence-corrected chi connectivity index (χ1v) is 6.61. The Morgan fingerprint density at radius 2 is 2.00 bits per heavy atom. The SMILES string of the molecule is CCS(=O)(=O)NC(=O)c1cc(C)n(C)c1C. The number of hydrogen-bond donors (Lipinski definition) is 1. The molecule has 16 heavy (non-hydrogen) atoms. The maximum Gasteiger partial charge on any atom is 0.266 e. The Bertz CT molecular complexity index is 514. The van der Waals surface area contributed by atoms with E-state index in [4.69, 9.17) is 0 Å².